The van der Waals surface area contributed by atoms with E-state index < -0.39 is 11.5 Å². The molecule has 2 amide bonds. The van der Waals surface area contributed by atoms with Gasteiger partial charge < -0.3 is 20.9 Å². The van der Waals surface area contributed by atoms with Crippen molar-refractivity contribution in [3.63, 3.8) is 0 Å². The van der Waals surface area contributed by atoms with Crippen LogP contribution in [0.2, 0.25) is 0 Å². The maximum atomic E-state index is 13.2. The van der Waals surface area contributed by atoms with Gasteiger partial charge in [0.05, 0.1) is 18.7 Å². The Kier molecular flexibility index (Phi) is 7.87. The maximum absolute atomic E-state index is 13.2. The highest BCUT2D eigenvalue weighted by Crippen LogP contribution is 2.49. The lowest BCUT2D eigenvalue weighted by Gasteiger charge is -2.42. The molecule has 0 saturated heterocycles. The minimum absolute atomic E-state index is 0.143. The second-order valence-electron chi connectivity index (χ2n) is 10.6. The van der Waals surface area contributed by atoms with Crippen LogP contribution in [0.1, 0.15) is 62.6 Å². The Morgan fingerprint density at radius 1 is 1.24 bits per heavy atom. The molecule has 7 nitrogen and oxygen atoms in total. The van der Waals surface area contributed by atoms with Crippen LogP contribution in [-0.4, -0.2) is 53.6 Å². The molecule has 0 radical (unpaired) electrons. The van der Waals surface area contributed by atoms with Gasteiger partial charge >= 0.3 is 0 Å². The molecular weight excluding hydrogens is 473 g/mol. The number of halogens is 1. The first-order valence-electron chi connectivity index (χ1n) is 12.8. The predicted molar refractivity (Wildman–Crippen MR) is 141 cm³/mol. The van der Waals surface area contributed by atoms with E-state index >= 15 is 0 Å². The van der Waals surface area contributed by atoms with E-state index in [1.54, 1.807) is 0 Å². The Morgan fingerprint density at radius 3 is 2.68 bits per heavy atom. The van der Waals surface area contributed by atoms with Crippen LogP contribution in [0.25, 0.3) is 5.57 Å². The van der Waals surface area contributed by atoms with Crippen molar-refractivity contribution in [3.8, 4) is 11.5 Å². The molecule has 2 aromatic rings. The number of hydrogen-bond donors (Lipinski definition) is 3. The van der Waals surface area contributed by atoms with Gasteiger partial charge in [0, 0.05) is 13.1 Å². The number of benzene rings is 2. The van der Waals surface area contributed by atoms with E-state index in [2.05, 4.69) is 12.2 Å². The van der Waals surface area contributed by atoms with E-state index in [0.717, 1.165) is 41.5 Å². The smallest absolute Gasteiger partial charge is 0.236 e. The van der Waals surface area contributed by atoms with Crippen molar-refractivity contribution < 1.29 is 23.8 Å². The molecule has 0 spiro atoms. The van der Waals surface area contributed by atoms with E-state index in [9.17, 15) is 19.1 Å². The van der Waals surface area contributed by atoms with E-state index in [1.807, 2.05) is 43.0 Å². The Labute approximate surface area is 217 Å². The van der Waals surface area contributed by atoms with Gasteiger partial charge in [0.25, 0.3) is 0 Å². The van der Waals surface area contributed by atoms with Crippen molar-refractivity contribution >= 4 is 17.4 Å². The Hall–Kier alpha value is -3.39. The molecule has 1 unspecified atom stereocenters. The highest BCUT2D eigenvalue weighted by atomic mass is 19.1. The number of fused-ring (bicyclic) bond motifs is 2. The molecule has 8 heteroatoms. The minimum Gasteiger partial charge on any atom is -0.507 e. The summed E-state index contributed by atoms with van der Waals surface area (Å²) < 4.78 is 19.6. The second-order valence-corrected chi connectivity index (χ2v) is 10.6. The monoisotopic (exact) mass is 509 g/mol. The first-order chi connectivity index (χ1) is 17.5. The van der Waals surface area contributed by atoms with E-state index in [-0.39, 0.29) is 36.5 Å². The van der Waals surface area contributed by atoms with Crippen molar-refractivity contribution in [1.82, 2.24) is 10.2 Å². The zero-order valence-corrected chi connectivity index (χ0v) is 21.8. The standard InChI is InChI=1S/C29H36FN3O4/c1-18(5-4-6-19-7-9-21(30)10-8-19)20-13-24(34)28-22-16-33(17-27(36)32-15-26(31)35)12-11-23(22)29(2,3)37-25(28)14-20/h7-10,13-14,18,34H,4-6,11-12,15-17H2,1-3H3,(H2,31,35)(H,32,36). The van der Waals surface area contributed by atoms with Crippen molar-refractivity contribution in [2.24, 2.45) is 5.73 Å². The van der Waals surface area contributed by atoms with Crippen LogP contribution < -0.4 is 15.8 Å². The van der Waals surface area contributed by atoms with Crippen LogP contribution in [0.3, 0.4) is 0 Å². The fourth-order valence-electron chi connectivity index (χ4n) is 5.35. The largest absolute Gasteiger partial charge is 0.507 e. The molecule has 37 heavy (non-hydrogen) atoms. The second kappa shape index (κ2) is 10.9. The quantitative estimate of drug-likeness (QED) is 0.476. The zero-order chi connectivity index (χ0) is 26.7. The normalized spacial score (nSPS) is 17.4. The van der Waals surface area contributed by atoms with Crippen molar-refractivity contribution in [2.45, 2.75) is 58.0 Å². The Morgan fingerprint density at radius 2 is 1.97 bits per heavy atom. The van der Waals surface area contributed by atoms with E-state index in [0.29, 0.717) is 30.8 Å². The molecule has 0 bridgehead atoms. The van der Waals surface area contributed by atoms with Crippen molar-refractivity contribution in [1.29, 1.82) is 0 Å². The van der Waals surface area contributed by atoms with Gasteiger partial charge in [-0.2, -0.15) is 0 Å². The maximum Gasteiger partial charge on any atom is 0.236 e. The lowest BCUT2D eigenvalue weighted by atomic mass is 9.80. The minimum atomic E-state index is -0.581. The van der Waals surface area contributed by atoms with E-state index in [4.69, 9.17) is 10.5 Å². The Balaban J connectivity index is 1.49. The molecule has 1 atom stereocenters. The summed E-state index contributed by atoms with van der Waals surface area (Å²) in [6.07, 6.45) is 3.44. The number of primary amides is 1. The van der Waals surface area contributed by atoms with Gasteiger partial charge in [0.15, 0.2) is 0 Å². The van der Waals surface area contributed by atoms with Gasteiger partial charge in [-0.1, -0.05) is 19.1 Å². The summed E-state index contributed by atoms with van der Waals surface area (Å²) in [6, 6.07) is 10.5. The number of nitrogens with one attached hydrogen (secondary N) is 1. The number of phenolic OH excluding ortho intramolecular Hbond substituents is 1. The molecule has 0 saturated carbocycles. The van der Waals surface area contributed by atoms with Gasteiger partial charge in [-0.25, -0.2) is 4.39 Å². The summed E-state index contributed by atoms with van der Waals surface area (Å²) in [7, 11) is 0. The first-order valence-corrected chi connectivity index (χ1v) is 12.8. The van der Waals surface area contributed by atoms with Crippen LogP contribution in [0.4, 0.5) is 4.39 Å². The summed E-state index contributed by atoms with van der Waals surface area (Å²) >= 11 is 0. The number of carbonyl (C=O) groups excluding carboxylic acids is 2. The van der Waals surface area contributed by atoms with Gasteiger partial charge in [-0.05, 0) is 92.0 Å². The molecule has 4 rings (SSSR count). The number of aromatic hydroxyl groups is 1. The third-order valence-electron chi connectivity index (χ3n) is 7.33. The average molecular weight is 510 g/mol. The summed E-state index contributed by atoms with van der Waals surface area (Å²) in [5, 5.41) is 13.7. The van der Waals surface area contributed by atoms with Crippen molar-refractivity contribution in [2.75, 3.05) is 26.2 Å². The van der Waals surface area contributed by atoms with Crippen LogP contribution in [-0.2, 0) is 16.0 Å². The zero-order valence-electron chi connectivity index (χ0n) is 21.8. The first kappa shape index (κ1) is 26.7. The topological polar surface area (TPSA) is 105 Å². The number of hydrogen-bond acceptors (Lipinski definition) is 5. The fourth-order valence-corrected chi connectivity index (χ4v) is 5.35. The number of ether oxygens (including phenoxy) is 1. The third-order valence-corrected chi connectivity index (χ3v) is 7.33. The molecular formula is C29H36FN3O4. The molecule has 198 valence electrons. The Bertz CT molecular complexity index is 1210. The van der Waals surface area contributed by atoms with Gasteiger partial charge in [-0.15, -0.1) is 0 Å². The summed E-state index contributed by atoms with van der Waals surface area (Å²) in [6.45, 7) is 7.35. The average Bonchev–Trinajstić information content (AvgIpc) is 2.83. The van der Waals surface area contributed by atoms with Crippen LogP contribution >= 0.6 is 0 Å². The highest BCUT2D eigenvalue weighted by Gasteiger charge is 2.39. The molecule has 2 aliphatic rings. The predicted octanol–water partition coefficient (Wildman–Crippen LogP) is 3.89. The highest BCUT2D eigenvalue weighted by molar-refractivity contribution is 5.86. The number of nitrogens with two attached hydrogens (primary N) is 1. The SMILES string of the molecule is CC(CCCc1ccc(F)cc1)c1cc(O)c2c(c1)OC(C)(C)C1=C2CN(CC(=O)NCC(N)=O)CC1. The number of rotatable bonds is 9. The molecule has 2 aromatic carbocycles. The third kappa shape index (κ3) is 6.31. The van der Waals surface area contributed by atoms with Crippen LogP contribution in [0.5, 0.6) is 11.5 Å². The molecule has 4 N–H and O–H groups in total. The molecule has 2 heterocycles. The van der Waals surface area contributed by atoms with Gasteiger partial charge in [-0.3, -0.25) is 14.5 Å². The van der Waals surface area contributed by atoms with Crippen LogP contribution in [0.15, 0.2) is 42.0 Å². The summed E-state index contributed by atoms with van der Waals surface area (Å²) in [4.78, 5) is 25.2. The van der Waals surface area contributed by atoms with Gasteiger partial charge in [0.1, 0.15) is 22.9 Å². The van der Waals surface area contributed by atoms with Crippen molar-refractivity contribution in [3.05, 3.63) is 64.5 Å². The molecule has 0 fully saturated rings. The lowest BCUT2D eigenvalue weighted by molar-refractivity contribution is -0.125. The van der Waals surface area contributed by atoms with Gasteiger partial charge in [0.2, 0.25) is 11.8 Å². The summed E-state index contributed by atoms with van der Waals surface area (Å²) in [5.41, 5.74) is 9.53. The lowest BCUT2D eigenvalue weighted by Crippen LogP contribution is -2.46. The number of nitrogens with zero attached hydrogens (tertiary/aromatic N) is 1. The fraction of sp³-hybridized carbons (Fsp3) is 0.448. The molecule has 0 aromatic heterocycles. The van der Waals surface area contributed by atoms with E-state index in [1.165, 1.54) is 12.1 Å². The van der Waals surface area contributed by atoms with Crippen LogP contribution in [0, 0.1) is 5.82 Å². The number of carbonyl (C=O) groups is 2. The number of amides is 2. The number of aryl methyl sites for hydroxylation is 1. The summed E-state index contributed by atoms with van der Waals surface area (Å²) in [5.74, 6) is -0.0261. The molecule has 2 aliphatic heterocycles. The number of phenols is 1. The molecule has 0 aliphatic carbocycles.